The molecule has 0 saturated carbocycles. The second kappa shape index (κ2) is 9.82. The Labute approximate surface area is 187 Å². The fourth-order valence-corrected chi connectivity index (χ4v) is 4.33. The Morgan fingerprint density at radius 2 is 1.59 bits per heavy atom. The minimum Gasteiger partial charge on any atom is -0.478 e. The maximum Gasteiger partial charge on any atom is 0.265 e. The molecule has 3 rings (SSSR count). The van der Waals surface area contributed by atoms with Crippen molar-refractivity contribution in [3.05, 3.63) is 83.7 Å². The number of para-hydroxylation sites is 2. The molecule has 0 spiro atoms. The number of aryl methyl sites for hydroxylation is 2. The van der Waals surface area contributed by atoms with E-state index >= 15 is 0 Å². The molecule has 32 heavy (non-hydrogen) atoms. The number of halogens is 1. The Balaban J connectivity index is 1.70. The summed E-state index contributed by atoms with van der Waals surface area (Å²) in [4.78, 5) is 12.6. The lowest BCUT2D eigenvalue weighted by Crippen LogP contribution is -2.32. The van der Waals surface area contributed by atoms with Gasteiger partial charge in [-0.1, -0.05) is 37.3 Å². The van der Waals surface area contributed by atoms with Gasteiger partial charge in [0.2, 0.25) is 0 Å². The minimum absolute atomic E-state index is 0.00601. The molecule has 0 bridgehead atoms. The van der Waals surface area contributed by atoms with Gasteiger partial charge in [0, 0.05) is 5.69 Å². The van der Waals surface area contributed by atoms with Crippen molar-refractivity contribution in [2.45, 2.75) is 38.2 Å². The van der Waals surface area contributed by atoms with Crippen molar-refractivity contribution in [2.24, 2.45) is 0 Å². The SMILES string of the molecule is CC[C@@H](Oc1ccccc1F)C(=O)Nc1ccc(S(=O)(=O)Nc2c(C)cccc2C)cc1. The monoisotopic (exact) mass is 456 g/mol. The maximum atomic E-state index is 13.8. The highest BCUT2D eigenvalue weighted by Gasteiger charge is 2.21. The summed E-state index contributed by atoms with van der Waals surface area (Å²) in [5, 5.41) is 2.68. The van der Waals surface area contributed by atoms with E-state index < -0.39 is 27.9 Å². The normalized spacial score (nSPS) is 12.1. The molecule has 1 amide bonds. The Hall–Kier alpha value is -3.39. The molecule has 0 unspecified atom stereocenters. The fourth-order valence-electron chi connectivity index (χ4n) is 3.12. The number of anilines is 2. The Kier molecular flexibility index (Phi) is 7.15. The van der Waals surface area contributed by atoms with Crippen LogP contribution in [0.1, 0.15) is 24.5 Å². The molecule has 0 radical (unpaired) electrons. The van der Waals surface area contributed by atoms with Gasteiger partial charge in [-0.25, -0.2) is 12.8 Å². The predicted octanol–water partition coefficient (Wildman–Crippen LogP) is 5.04. The van der Waals surface area contributed by atoms with Gasteiger partial charge >= 0.3 is 0 Å². The smallest absolute Gasteiger partial charge is 0.265 e. The number of hydrogen-bond acceptors (Lipinski definition) is 4. The van der Waals surface area contributed by atoms with E-state index in [2.05, 4.69) is 10.0 Å². The van der Waals surface area contributed by atoms with Crippen LogP contribution in [0, 0.1) is 19.7 Å². The van der Waals surface area contributed by atoms with Gasteiger partial charge in [-0.3, -0.25) is 9.52 Å². The van der Waals surface area contributed by atoms with Gasteiger partial charge in [-0.05, 0) is 67.8 Å². The van der Waals surface area contributed by atoms with Crippen LogP contribution in [0.25, 0.3) is 0 Å². The van der Waals surface area contributed by atoms with Crippen molar-refractivity contribution in [2.75, 3.05) is 10.0 Å². The molecule has 0 aliphatic rings. The van der Waals surface area contributed by atoms with Crippen LogP contribution in [-0.4, -0.2) is 20.4 Å². The molecule has 0 fully saturated rings. The van der Waals surface area contributed by atoms with Gasteiger partial charge in [0.25, 0.3) is 15.9 Å². The lowest BCUT2D eigenvalue weighted by molar-refractivity contribution is -0.122. The van der Waals surface area contributed by atoms with Gasteiger partial charge in [-0.2, -0.15) is 0 Å². The summed E-state index contributed by atoms with van der Waals surface area (Å²) in [5.74, 6) is -1.02. The van der Waals surface area contributed by atoms with E-state index in [9.17, 15) is 17.6 Å². The van der Waals surface area contributed by atoms with E-state index in [1.165, 1.54) is 42.5 Å². The molecule has 3 aromatic rings. The van der Waals surface area contributed by atoms with Crippen LogP contribution < -0.4 is 14.8 Å². The van der Waals surface area contributed by atoms with E-state index in [0.717, 1.165) is 11.1 Å². The first kappa shape index (κ1) is 23.3. The third-order valence-electron chi connectivity index (χ3n) is 4.92. The summed E-state index contributed by atoms with van der Waals surface area (Å²) in [7, 11) is -3.80. The lowest BCUT2D eigenvalue weighted by atomic mass is 10.1. The number of amides is 1. The van der Waals surface area contributed by atoms with Gasteiger partial charge < -0.3 is 10.1 Å². The number of carbonyl (C=O) groups excluding carboxylic acids is 1. The summed E-state index contributed by atoms with van der Waals surface area (Å²) in [6.45, 7) is 5.41. The summed E-state index contributed by atoms with van der Waals surface area (Å²) >= 11 is 0. The standard InChI is InChI=1S/C24H25FN2O4S/c1-4-21(31-22-11-6-5-10-20(22)25)24(28)26-18-12-14-19(15-13-18)32(29,30)27-23-16(2)8-7-9-17(23)3/h5-15,21,27H,4H2,1-3H3,(H,26,28)/t21-/m1/s1. The third kappa shape index (κ3) is 5.45. The number of carbonyl (C=O) groups is 1. The Morgan fingerprint density at radius 1 is 0.969 bits per heavy atom. The first-order valence-corrected chi connectivity index (χ1v) is 11.6. The van der Waals surface area contributed by atoms with Gasteiger partial charge in [0.15, 0.2) is 17.7 Å². The molecule has 3 aromatic carbocycles. The molecule has 168 valence electrons. The predicted molar refractivity (Wildman–Crippen MR) is 123 cm³/mol. The molecule has 0 aliphatic carbocycles. The number of nitrogens with one attached hydrogen (secondary N) is 2. The Bertz CT molecular complexity index is 1190. The van der Waals surface area contributed by atoms with Crippen LogP contribution in [0.15, 0.2) is 71.6 Å². The molecule has 0 saturated heterocycles. The third-order valence-corrected chi connectivity index (χ3v) is 6.28. The second-order valence-corrected chi connectivity index (χ2v) is 9.01. The first-order chi connectivity index (χ1) is 15.2. The highest BCUT2D eigenvalue weighted by Crippen LogP contribution is 2.24. The molecule has 0 heterocycles. The minimum atomic E-state index is -3.80. The molecule has 1 atom stereocenters. The zero-order valence-electron chi connectivity index (χ0n) is 18.1. The van der Waals surface area contributed by atoms with E-state index in [1.54, 1.807) is 13.0 Å². The number of hydrogen-bond donors (Lipinski definition) is 2. The number of ether oxygens (including phenoxy) is 1. The van der Waals surface area contributed by atoms with Crippen molar-refractivity contribution in [3.8, 4) is 5.75 Å². The van der Waals surface area contributed by atoms with Crippen molar-refractivity contribution in [1.29, 1.82) is 0 Å². The van der Waals surface area contributed by atoms with E-state index in [-0.39, 0.29) is 10.6 Å². The molecule has 0 aromatic heterocycles. The van der Waals surface area contributed by atoms with Crippen LogP contribution in [0.5, 0.6) is 5.75 Å². The largest absolute Gasteiger partial charge is 0.478 e. The van der Waals surface area contributed by atoms with E-state index in [1.807, 2.05) is 32.0 Å². The Morgan fingerprint density at radius 3 is 2.19 bits per heavy atom. The molecular weight excluding hydrogens is 431 g/mol. The zero-order valence-corrected chi connectivity index (χ0v) is 18.9. The average Bonchev–Trinajstić information content (AvgIpc) is 2.76. The summed E-state index contributed by atoms with van der Waals surface area (Å²) < 4.78 is 47.5. The highest BCUT2D eigenvalue weighted by atomic mass is 32.2. The van der Waals surface area contributed by atoms with Crippen molar-refractivity contribution < 1.29 is 22.3 Å². The van der Waals surface area contributed by atoms with Crippen LogP contribution in [-0.2, 0) is 14.8 Å². The summed E-state index contributed by atoms with van der Waals surface area (Å²) in [6, 6.07) is 17.2. The fraction of sp³-hybridized carbons (Fsp3) is 0.208. The van der Waals surface area contributed by atoms with Crippen molar-refractivity contribution in [1.82, 2.24) is 0 Å². The number of benzene rings is 3. The quantitative estimate of drug-likeness (QED) is 0.497. The number of sulfonamides is 1. The van der Waals surface area contributed by atoms with E-state index in [0.29, 0.717) is 17.8 Å². The van der Waals surface area contributed by atoms with Crippen LogP contribution in [0.2, 0.25) is 0 Å². The number of rotatable bonds is 8. The molecule has 6 nitrogen and oxygen atoms in total. The molecule has 0 aliphatic heterocycles. The lowest BCUT2D eigenvalue weighted by Gasteiger charge is -2.18. The van der Waals surface area contributed by atoms with Gasteiger partial charge in [0.05, 0.1) is 10.6 Å². The van der Waals surface area contributed by atoms with Crippen LogP contribution in [0.3, 0.4) is 0 Å². The molecule has 8 heteroatoms. The molecular formula is C24H25FN2O4S. The topological polar surface area (TPSA) is 84.5 Å². The zero-order chi connectivity index (χ0) is 23.3. The molecule has 2 N–H and O–H groups in total. The average molecular weight is 457 g/mol. The second-order valence-electron chi connectivity index (χ2n) is 7.33. The highest BCUT2D eigenvalue weighted by molar-refractivity contribution is 7.92. The summed E-state index contributed by atoms with van der Waals surface area (Å²) in [6.07, 6.45) is -0.576. The van der Waals surface area contributed by atoms with Crippen molar-refractivity contribution >= 4 is 27.3 Å². The summed E-state index contributed by atoms with van der Waals surface area (Å²) in [5.41, 5.74) is 2.58. The first-order valence-electron chi connectivity index (χ1n) is 10.1. The van der Waals surface area contributed by atoms with Crippen LogP contribution >= 0.6 is 0 Å². The van der Waals surface area contributed by atoms with E-state index in [4.69, 9.17) is 4.74 Å². The maximum absolute atomic E-state index is 13.8. The van der Waals surface area contributed by atoms with Gasteiger partial charge in [0.1, 0.15) is 0 Å². The van der Waals surface area contributed by atoms with Gasteiger partial charge in [-0.15, -0.1) is 0 Å². The van der Waals surface area contributed by atoms with Crippen molar-refractivity contribution in [3.63, 3.8) is 0 Å². The van der Waals surface area contributed by atoms with Crippen LogP contribution in [0.4, 0.5) is 15.8 Å².